The van der Waals surface area contributed by atoms with Gasteiger partial charge in [-0.1, -0.05) is 31.9 Å². The Morgan fingerprint density at radius 2 is 1.58 bits per heavy atom. The standard InChI is InChI=1S/C7H7Br2N3/c8-4-1-5(9)3-6(2-4)12-7(10)11/h1-3H,(H4,10,11,12). The van der Waals surface area contributed by atoms with Crippen LogP contribution in [-0.2, 0) is 0 Å². The smallest absolute Gasteiger partial charge is 0.191 e. The van der Waals surface area contributed by atoms with Crippen LogP contribution in [-0.4, -0.2) is 5.96 Å². The molecule has 0 aromatic heterocycles. The van der Waals surface area contributed by atoms with Crippen LogP contribution in [0.15, 0.2) is 32.1 Å². The predicted molar refractivity (Wildman–Crippen MR) is 57.3 cm³/mol. The van der Waals surface area contributed by atoms with Crippen LogP contribution in [0.4, 0.5) is 5.69 Å². The van der Waals surface area contributed by atoms with Gasteiger partial charge in [-0.05, 0) is 18.2 Å². The first-order valence-electron chi connectivity index (χ1n) is 3.13. The molecular weight excluding hydrogens is 286 g/mol. The summed E-state index contributed by atoms with van der Waals surface area (Å²) in [4.78, 5) is 3.89. The average molecular weight is 293 g/mol. The summed E-state index contributed by atoms with van der Waals surface area (Å²) in [6, 6.07) is 5.56. The van der Waals surface area contributed by atoms with Crippen molar-refractivity contribution in [1.82, 2.24) is 0 Å². The van der Waals surface area contributed by atoms with E-state index in [0.717, 1.165) is 14.6 Å². The van der Waals surface area contributed by atoms with Gasteiger partial charge in [-0.3, -0.25) is 0 Å². The van der Waals surface area contributed by atoms with Gasteiger partial charge in [0.25, 0.3) is 0 Å². The monoisotopic (exact) mass is 291 g/mol. The molecule has 0 atom stereocenters. The summed E-state index contributed by atoms with van der Waals surface area (Å²) in [6.45, 7) is 0. The molecule has 0 radical (unpaired) electrons. The minimum absolute atomic E-state index is 0.0556. The highest BCUT2D eigenvalue weighted by molar-refractivity contribution is 9.11. The fourth-order valence-electron chi connectivity index (χ4n) is 0.753. The second-order valence-corrected chi connectivity index (χ2v) is 4.00. The molecule has 1 rings (SSSR count). The number of halogens is 2. The van der Waals surface area contributed by atoms with Gasteiger partial charge in [0, 0.05) is 8.95 Å². The molecule has 0 saturated heterocycles. The van der Waals surface area contributed by atoms with E-state index in [-0.39, 0.29) is 5.96 Å². The molecule has 64 valence electrons. The SMILES string of the molecule is NC(N)=Nc1cc(Br)cc(Br)c1. The van der Waals surface area contributed by atoms with E-state index in [1.807, 2.05) is 18.2 Å². The van der Waals surface area contributed by atoms with Crippen LogP contribution >= 0.6 is 31.9 Å². The topological polar surface area (TPSA) is 64.4 Å². The molecule has 0 heterocycles. The van der Waals surface area contributed by atoms with E-state index < -0.39 is 0 Å². The molecule has 0 aliphatic heterocycles. The van der Waals surface area contributed by atoms with E-state index in [4.69, 9.17) is 11.5 Å². The Hall–Kier alpha value is -0.550. The van der Waals surface area contributed by atoms with Crippen LogP contribution in [0.1, 0.15) is 0 Å². The zero-order chi connectivity index (χ0) is 9.14. The summed E-state index contributed by atoms with van der Waals surface area (Å²) in [5.41, 5.74) is 11.2. The van der Waals surface area contributed by atoms with Crippen molar-refractivity contribution in [3.8, 4) is 0 Å². The van der Waals surface area contributed by atoms with Crippen LogP contribution < -0.4 is 11.5 Å². The fraction of sp³-hybridized carbons (Fsp3) is 0. The Kier molecular flexibility index (Phi) is 3.11. The molecule has 0 spiro atoms. The first-order valence-corrected chi connectivity index (χ1v) is 4.72. The lowest BCUT2D eigenvalue weighted by atomic mass is 10.3. The highest BCUT2D eigenvalue weighted by Crippen LogP contribution is 2.24. The Morgan fingerprint density at radius 1 is 1.08 bits per heavy atom. The van der Waals surface area contributed by atoms with Crippen molar-refractivity contribution in [3.63, 3.8) is 0 Å². The number of nitrogens with two attached hydrogens (primary N) is 2. The summed E-state index contributed by atoms with van der Waals surface area (Å²) in [7, 11) is 0. The van der Waals surface area contributed by atoms with E-state index >= 15 is 0 Å². The maximum Gasteiger partial charge on any atom is 0.191 e. The molecule has 0 saturated carbocycles. The number of benzene rings is 1. The number of aliphatic imine (C=N–C) groups is 1. The van der Waals surface area contributed by atoms with Gasteiger partial charge >= 0.3 is 0 Å². The van der Waals surface area contributed by atoms with Gasteiger partial charge in [-0.25, -0.2) is 4.99 Å². The van der Waals surface area contributed by atoms with Crippen molar-refractivity contribution >= 4 is 43.5 Å². The van der Waals surface area contributed by atoms with Crippen molar-refractivity contribution in [2.45, 2.75) is 0 Å². The van der Waals surface area contributed by atoms with Crippen LogP contribution in [0, 0.1) is 0 Å². The van der Waals surface area contributed by atoms with Crippen LogP contribution in [0.5, 0.6) is 0 Å². The zero-order valence-electron chi connectivity index (χ0n) is 6.09. The van der Waals surface area contributed by atoms with E-state index in [2.05, 4.69) is 36.9 Å². The number of hydrogen-bond donors (Lipinski definition) is 2. The fourth-order valence-corrected chi connectivity index (χ4v) is 2.02. The van der Waals surface area contributed by atoms with Crippen LogP contribution in [0.25, 0.3) is 0 Å². The Labute approximate surface area is 87.1 Å². The first-order chi connectivity index (χ1) is 5.58. The molecule has 4 N–H and O–H groups in total. The molecule has 1 aromatic rings. The lowest BCUT2D eigenvalue weighted by Crippen LogP contribution is -2.21. The second kappa shape index (κ2) is 3.91. The highest BCUT2D eigenvalue weighted by atomic mass is 79.9. The summed E-state index contributed by atoms with van der Waals surface area (Å²) in [5, 5.41) is 0. The molecule has 5 heteroatoms. The number of guanidine groups is 1. The lowest BCUT2D eigenvalue weighted by Gasteiger charge is -1.97. The quantitative estimate of drug-likeness (QED) is 0.615. The summed E-state index contributed by atoms with van der Waals surface area (Å²) in [6.07, 6.45) is 0. The van der Waals surface area contributed by atoms with Gasteiger partial charge in [-0.2, -0.15) is 0 Å². The van der Waals surface area contributed by atoms with Crippen molar-refractivity contribution in [2.24, 2.45) is 16.5 Å². The minimum atomic E-state index is 0.0556. The van der Waals surface area contributed by atoms with E-state index in [1.54, 1.807) is 0 Å². The van der Waals surface area contributed by atoms with Gasteiger partial charge in [0.05, 0.1) is 5.69 Å². The largest absolute Gasteiger partial charge is 0.370 e. The molecule has 0 unspecified atom stereocenters. The Bertz CT molecular complexity index is 298. The lowest BCUT2D eigenvalue weighted by molar-refractivity contribution is 1.41. The Morgan fingerprint density at radius 3 is 2.00 bits per heavy atom. The molecular formula is C7H7Br2N3. The molecule has 3 nitrogen and oxygen atoms in total. The van der Waals surface area contributed by atoms with Crippen molar-refractivity contribution in [1.29, 1.82) is 0 Å². The van der Waals surface area contributed by atoms with Gasteiger partial charge in [0.2, 0.25) is 0 Å². The normalized spacial score (nSPS) is 9.50. The molecule has 0 aliphatic carbocycles. The third-order valence-corrected chi connectivity index (χ3v) is 2.02. The second-order valence-electron chi connectivity index (χ2n) is 2.16. The molecule has 0 bridgehead atoms. The summed E-state index contributed by atoms with van der Waals surface area (Å²) in [5.74, 6) is 0.0556. The third-order valence-electron chi connectivity index (χ3n) is 1.11. The number of hydrogen-bond acceptors (Lipinski definition) is 1. The third kappa shape index (κ3) is 2.83. The number of nitrogens with zero attached hydrogens (tertiary/aromatic N) is 1. The average Bonchev–Trinajstić information content (AvgIpc) is 1.81. The van der Waals surface area contributed by atoms with Crippen molar-refractivity contribution in [3.05, 3.63) is 27.1 Å². The molecule has 0 fully saturated rings. The van der Waals surface area contributed by atoms with E-state index in [1.165, 1.54) is 0 Å². The zero-order valence-corrected chi connectivity index (χ0v) is 9.26. The molecule has 12 heavy (non-hydrogen) atoms. The maximum absolute atomic E-state index is 5.22. The Balaban J connectivity index is 3.09. The minimum Gasteiger partial charge on any atom is -0.370 e. The van der Waals surface area contributed by atoms with Gasteiger partial charge in [0.1, 0.15) is 0 Å². The predicted octanol–water partition coefficient (Wildman–Crippen LogP) is 2.12. The summed E-state index contributed by atoms with van der Waals surface area (Å²) >= 11 is 6.64. The van der Waals surface area contributed by atoms with Crippen molar-refractivity contribution < 1.29 is 0 Å². The van der Waals surface area contributed by atoms with E-state index in [0.29, 0.717) is 0 Å². The van der Waals surface area contributed by atoms with Gasteiger partial charge in [-0.15, -0.1) is 0 Å². The molecule has 1 aromatic carbocycles. The number of rotatable bonds is 1. The van der Waals surface area contributed by atoms with Crippen LogP contribution in [0.3, 0.4) is 0 Å². The van der Waals surface area contributed by atoms with Gasteiger partial charge in [0.15, 0.2) is 5.96 Å². The molecule has 0 amide bonds. The summed E-state index contributed by atoms with van der Waals surface area (Å²) < 4.78 is 1.86. The maximum atomic E-state index is 5.22. The molecule has 0 aliphatic rings. The van der Waals surface area contributed by atoms with E-state index in [9.17, 15) is 0 Å². The van der Waals surface area contributed by atoms with Gasteiger partial charge < -0.3 is 11.5 Å². The first kappa shape index (κ1) is 9.54. The highest BCUT2D eigenvalue weighted by Gasteiger charge is 1.95. The van der Waals surface area contributed by atoms with Crippen molar-refractivity contribution in [2.75, 3.05) is 0 Å². The van der Waals surface area contributed by atoms with Crippen LogP contribution in [0.2, 0.25) is 0 Å².